The molecule has 10 heteroatoms. The van der Waals surface area contributed by atoms with E-state index in [1.165, 1.54) is 12.3 Å². The zero-order valence-electron chi connectivity index (χ0n) is 10.1. The Morgan fingerprint density at radius 1 is 1.55 bits per heavy atom. The van der Waals surface area contributed by atoms with Crippen molar-refractivity contribution in [1.29, 1.82) is 0 Å². The number of hydrogen-bond acceptors (Lipinski definition) is 6. The maximum absolute atomic E-state index is 12.6. The lowest BCUT2D eigenvalue weighted by molar-refractivity contribution is -0.384. The molecule has 8 nitrogen and oxygen atoms in total. The van der Waals surface area contributed by atoms with Gasteiger partial charge in [-0.15, -0.1) is 3.89 Å². The third kappa shape index (κ3) is 3.26. The molecule has 1 aliphatic rings. The van der Waals surface area contributed by atoms with Crippen LogP contribution >= 0.6 is 0 Å². The highest BCUT2D eigenvalue weighted by molar-refractivity contribution is 7.86. The molecule has 0 radical (unpaired) electrons. The van der Waals surface area contributed by atoms with Gasteiger partial charge in [-0.3, -0.25) is 19.8 Å². The fraction of sp³-hybridized carbons (Fsp3) is 0.400. The average Bonchev–Trinajstić information content (AvgIpc) is 2.68. The molecule has 1 aliphatic heterocycles. The van der Waals surface area contributed by atoms with Crippen LogP contribution in [0.2, 0.25) is 0 Å². The normalized spacial score (nSPS) is 19.4. The predicted octanol–water partition coefficient (Wildman–Crippen LogP) is 0.642. The van der Waals surface area contributed by atoms with Gasteiger partial charge in [0, 0.05) is 31.1 Å². The summed E-state index contributed by atoms with van der Waals surface area (Å²) in [5.74, 6) is -1.81. The van der Waals surface area contributed by atoms with Gasteiger partial charge in [0.05, 0.1) is 16.7 Å². The molecule has 1 aromatic rings. The van der Waals surface area contributed by atoms with Crippen LogP contribution in [0.25, 0.3) is 0 Å². The second-order valence-electron chi connectivity index (χ2n) is 4.41. The molecule has 0 N–H and O–H groups in total. The lowest BCUT2D eigenvalue weighted by atomic mass is 10.1. The summed E-state index contributed by atoms with van der Waals surface area (Å²) < 4.78 is 33.8. The Morgan fingerprint density at radius 3 is 2.85 bits per heavy atom. The van der Waals surface area contributed by atoms with E-state index in [4.69, 9.17) is 0 Å². The number of nitro groups is 1. The van der Waals surface area contributed by atoms with E-state index < -0.39 is 32.7 Å². The number of carbonyl (C=O) groups is 1. The van der Waals surface area contributed by atoms with Gasteiger partial charge in [-0.2, -0.15) is 8.42 Å². The van der Waals surface area contributed by atoms with Crippen molar-refractivity contribution in [3.8, 4) is 0 Å². The van der Waals surface area contributed by atoms with Crippen LogP contribution in [0.1, 0.15) is 6.42 Å². The summed E-state index contributed by atoms with van der Waals surface area (Å²) in [6.07, 6.45) is 1.05. The molecule has 0 saturated carbocycles. The van der Waals surface area contributed by atoms with Crippen molar-refractivity contribution in [3.05, 3.63) is 28.4 Å². The van der Waals surface area contributed by atoms with Gasteiger partial charge in [-0.25, -0.2) is 4.98 Å². The number of hydrogen-bond donors (Lipinski definition) is 0. The first-order valence-corrected chi connectivity index (χ1v) is 7.14. The lowest BCUT2D eigenvalue weighted by Gasteiger charge is -2.14. The third-order valence-electron chi connectivity index (χ3n) is 2.86. The summed E-state index contributed by atoms with van der Waals surface area (Å²) in [7, 11) is -4.67. The van der Waals surface area contributed by atoms with Crippen molar-refractivity contribution in [3.63, 3.8) is 0 Å². The fourth-order valence-corrected chi connectivity index (χ4v) is 2.85. The Hall–Kier alpha value is -2.10. The van der Waals surface area contributed by atoms with Gasteiger partial charge in [-0.05, 0) is 0 Å². The molecule has 2 rings (SSSR count). The van der Waals surface area contributed by atoms with Gasteiger partial charge in [0.15, 0.2) is 0 Å². The molecule has 0 bridgehead atoms. The zero-order valence-corrected chi connectivity index (χ0v) is 10.9. The monoisotopic (exact) mass is 303 g/mol. The van der Waals surface area contributed by atoms with Crippen molar-refractivity contribution in [2.24, 2.45) is 5.92 Å². The largest absolute Gasteiger partial charge is 0.302 e. The highest BCUT2D eigenvalue weighted by Crippen LogP contribution is 2.26. The molecule has 2 heterocycles. The summed E-state index contributed by atoms with van der Waals surface area (Å²) in [5, 5.41) is 10.6. The predicted molar refractivity (Wildman–Crippen MR) is 66.2 cm³/mol. The summed E-state index contributed by atoms with van der Waals surface area (Å²) >= 11 is 0. The number of halogens is 1. The van der Waals surface area contributed by atoms with Crippen molar-refractivity contribution in [1.82, 2.24) is 4.98 Å². The standard InChI is InChI=1S/C10H10FN3O5S/c11-20(18,19)6-7-3-10(15)13(5-7)9-4-8(14(16)17)1-2-12-9/h1-2,4,7H,3,5-6H2. The van der Waals surface area contributed by atoms with E-state index in [1.807, 2.05) is 0 Å². The van der Waals surface area contributed by atoms with E-state index in [-0.39, 0.29) is 24.5 Å². The molecule has 0 aromatic carbocycles. The van der Waals surface area contributed by atoms with Crippen molar-refractivity contribution < 1.29 is 22.0 Å². The summed E-state index contributed by atoms with van der Waals surface area (Å²) in [4.78, 5) is 26.7. The van der Waals surface area contributed by atoms with Gasteiger partial charge in [0.2, 0.25) is 5.91 Å². The first-order valence-electron chi connectivity index (χ1n) is 5.59. The number of rotatable bonds is 4. The minimum Gasteiger partial charge on any atom is -0.296 e. The summed E-state index contributed by atoms with van der Waals surface area (Å²) in [6.45, 7) is -0.0316. The molecule has 1 amide bonds. The number of carbonyl (C=O) groups excluding carboxylic acids is 1. The summed E-state index contributed by atoms with van der Waals surface area (Å²) in [6, 6.07) is 2.29. The molecule has 20 heavy (non-hydrogen) atoms. The molecule has 1 fully saturated rings. The van der Waals surface area contributed by atoms with Gasteiger partial charge < -0.3 is 0 Å². The van der Waals surface area contributed by atoms with Crippen molar-refractivity contribution >= 4 is 27.6 Å². The number of anilines is 1. The molecule has 1 aromatic heterocycles. The number of aromatic nitrogens is 1. The van der Waals surface area contributed by atoms with E-state index in [0.717, 1.165) is 11.0 Å². The quantitative estimate of drug-likeness (QED) is 0.458. The molecular weight excluding hydrogens is 293 g/mol. The fourth-order valence-electron chi connectivity index (χ4n) is 2.06. The zero-order chi connectivity index (χ0) is 14.9. The van der Waals surface area contributed by atoms with E-state index in [0.29, 0.717) is 0 Å². The molecular formula is C10H10FN3O5S. The number of amides is 1. The van der Waals surface area contributed by atoms with E-state index in [9.17, 15) is 27.2 Å². The van der Waals surface area contributed by atoms with E-state index in [1.54, 1.807) is 0 Å². The highest BCUT2D eigenvalue weighted by atomic mass is 32.3. The molecule has 0 aliphatic carbocycles. The first-order chi connectivity index (χ1) is 9.26. The van der Waals surface area contributed by atoms with Crippen LogP contribution < -0.4 is 4.90 Å². The summed E-state index contributed by atoms with van der Waals surface area (Å²) in [5.41, 5.74) is -0.232. The smallest absolute Gasteiger partial charge is 0.296 e. The Morgan fingerprint density at radius 2 is 2.25 bits per heavy atom. The van der Waals surface area contributed by atoms with Gasteiger partial charge in [-0.1, -0.05) is 0 Å². The third-order valence-corrected chi connectivity index (χ3v) is 3.73. The van der Waals surface area contributed by atoms with Gasteiger partial charge in [0.25, 0.3) is 5.69 Å². The SMILES string of the molecule is O=C1CC(CS(=O)(=O)F)CN1c1cc([N+](=O)[O-])ccn1. The maximum atomic E-state index is 12.6. The molecule has 1 atom stereocenters. The van der Waals surface area contributed by atoms with Crippen molar-refractivity contribution in [2.45, 2.75) is 6.42 Å². The van der Waals surface area contributed by atoms with Crippen LogP contribution in [0.4, 0.5) is 15.4 Å². The minimum atomic E-state index is -4.67. The van der Waals surface area contributed by atoms with Crippen molar-refractivity contribution in [2.75, 3.05) is 17.2 Å². The minimum absolute atomic E-state index is 0.0316. The lowest BCUT2D eigenvalue weighted by Crippen LogP contribution is -2.26. The highest BCUT2D eigenvalue weighted by Gasteiger charge is 2.34. The van der Waals surface area contributed by atoms with Crippen LogP contribution in [0.15, 0.2) is 18.3 Å². The molecule has 108 valence electrons. The van der Waals surface area contributed by atoms with Crippen LogP contribution in [-0.4, -0.2) is 36.5 Å². The number of pyridine rings is 1. The average molecular weight is 303 g/mol. The Labute approximate surface area is 113 Å². The maximum Gasteiger partial charge on any atom is 0.302 e. The van der Waals surface area contributed by atoms with Gasteiger partial charge in [0.1, 0.15) is 5.82 Å². The second-order valence-corrected chi connectivity index (χ2v) is 5.82. The molecule has 0 spiro atoms. The number of nitrogens with zero attached hydrogens (tertiary/aromatic N) is 3. The topological polar surface area (TPSA) is 110 Å². The van der Waals surface area contributed by atoms with Crippen LogP contribution in [-0.2, 0) is 15.0 Å². The Balaban J connectivity index is 2.20. The Bertz CT molecular complexity index is 663. The van der Waals surface area contributed by atoms with Crippen LogP contribution in [0.3, 0.4) is 0 Å². The molecule has 1 saturated heterocycles. The van der Waals surface area contributed by atoms with Gasteiger partial charge >= 0.3 is 10.2 Å². The van der Waals surface area contributed by atoms with Crippen LogP contribution in [0, 0.1) is 16.0 Å². The van der Waals surface area contributed by atoms with E-state index in [2.05, 4.69) is 4.98 Å². The first kappa shape index (κ1) is 14.3. The molecule has 1 unspecified atom stereocenters. The van der Waals surface area contributed by atoms with E-state index >= 15 is 0 Å². The second kappa shape index (κ2) is 5.12. The Kier molecular flexibility index (Phi) is 3.66. The van der Waals surface area contributed by atoms with Crippen LogP contribution in [0.5, 0.6) is 0 Å².